The van der Waals surface area contributed by atoms with Gasteiger partial charge in [0, 0.05) is 48.6 Å². The highest BCUT2D eigenvalue weighted by atomic mass is 32.1. The predicted octanol–water partition coefficient (Wildman–Crippen LogP) is 3.08. The van der Waals surface area contributed by atoms with E-state index >= 15 is 0 Å². The zero-order valence-corrected chi connectivity index (χ0v) is 16.5. The SMILES string of the molecule is O=C(c1cc2c(s1)CCCC2)N1CCc2nc([C@@H]3CCCNC3)ncc2C1. The van der Waals surface area contributed by atoms with Crippen molar-refractivity contribution in [1.82, 2.24) is 20.2 Å². The number of fused-ring (bicyclic) bond motifs is 2. The van der Waals surface area contributed by atoms with E-state index in [-0.39, 0.29) is 5.91 Å². The van der Waals surface area contributed by atoms with E-state index < -0.39 is 0 Å². The van der Waals surface area contributed by atoms with Crippen LogP contribution in [0, 0.1) is 0 Å². The lowest BCUT2D eigenvalue weighted by Gasteiger charge is -2.29. The first-order valence-electron chi connectivity index (χ1n) is 10.2. The Morgan fingerprint density at radius 1 is 1.19 bits per heavy atom. The van der Waals surface area contributed by atoms with Crippen molar-refractivity contribution in [3.8, 4) is 0 Å². The smallest absolute Gasteiger partial charge is 0.264 e. The number of nitrogens with zero attached hydrogens (tertiary/aromatic N) is 3. The molecule has 2 aromatic heterocycles. The summed E-state index contributed by atoms with van der Waals surface area (Å²) in [6, 6.07) is 2.15. The molecule has 0 bridgehead atoms. The number of amides is 1. The lowest BCUT2D eigenvalue weighted by molar-refractivity contribution is 0.0738. The lowest BCUT2D eigenvalue weighted by atomic mass is 9.98. The molecule has 3 aliphatic rings. The third-order valence-electron chi connectivity index (χ3n) is 6.11. The van der Waals surface area contributed by atoms with Gasteiger partial charge in [0.25, 0.3) is 5.91 Å². The standard InChI is InChI=1S/C21H26N4OS/c26-21(19-10-14-4-1-2-6-18(14)27-19)25-9-7-17-16(13-25)12-23-20(24-17)15-5-3-8-22-11-15/h10,12,15,22H,1-9,11,13H2/t15-/m1/s1. The molecule has 0 saturated carbocycles. The van der Waals surface area contributed by atoms with E-state index in [9.17, 15) is 4.79 Å². The van der Waals surface area contributed by atoms with Crippen LogP contribution < -0.4 is 5.32 Å². The van der Waals surface area contributed by atoms with Gasteiger partial charge in [-0.2, -0.15) is 0 Å². The first-order chi connectivity index (χ1) is 13.3. The minimum atomic E-state index is 0.181. The van der Waals surface area contributed by atoms with Crippen molar-refractivity contribution < 1.29 is 4.79 Å². The van der Waals surface area contributed by atoms with Crippen molar-refractivity contribution in [2.24, 2.45) is 0 Å². The molecule has 1 saturated heterocycles. The highest BCUT2D eigenvalue weighted by molar-refractivity contribution is 7.14. The molecule has 5 rings (SSSR count). The molecule has 2 aliphatic heterocycles. The molecule has 0 unspecified atom stereocenters. The van der Waals surface area contributed by atoms with E-state index in [1.54, 1.807) is 11.3 Å². The number of rotatable bonds is 2. The highest BCUT2D eigenvalue weighted by Crippen LogP contribution is 2.31. The van der Waals surface area contributed by atoms with E-state index in [0.29, 0.717) is 12.5 Å². The molecule has 142 valence electrons. The Hall–Kier alpha value is -1.79. The molecule has 5 nitrogen and oxygen atoms in total. The number of aromatic nitrogens is 2. The number of carbonyl (C=O) groups excluding carboxylic acids is 1. The van der Waals surface area contributed by atoms with E-state index in [2.05, 4.69) is 16.4 Å². The molecule has 4 heterocycles. The second kappa shape index (κ2) is 7.32. The first-order valence-corrected chi connectivity index (χ1v) is 11.1. The summed E-state index contributed by atoms with van der Waals surface area (Å²) in [6.45, 7) is 3.48. The van der Waals surface area contributed by atoms with E-state index in [1.165, 1.54) is 36.1 Å². The first kappa shape index (κ1) is 17.3. The number of hydrogen-bond acceptors (Lipinski definition) is 5. The number of hydrogen-bond donors (Lipinski definition) is 1. The summed E-state index contributed by atoms with van der Waals surface area (Å²) in [6.07, 6.45) is 9.95. The number of thiophene rings is 1. The molecule has 0 radical (unpaired) electrons. The van der Waals surface area contributed by atoms with Crippen LogP contribution in [0.25, 0.3) is 0 Å². The van der Waals surface area contributed by atoms with E-state index in [1.807, 2.05) is 11.1 Å². The molecule has 0 aromatic carbocycles. The molecule has 1 N–H and O–H groups in total. The third kappa shape index (κ3) is 3.41. The molecule has 1 atom stereocenters. The topological polar surface area (TPSA) is 58.1 Å². The summed E-state index contributed by atoms with van der Waals surface area (Å²) < 4.78 is 0. The fourth-order valence-electron chi connectivity index (χ4n) is 4.53. The second-order valence-electron chi connectivity index (χ2n) is 7.99. The van der Waals surface area contributed by atoms with Gasteiger partial charge >= 0.3 is 0 Å². The van der Waals surface area contributed by atoms with Crippen LogP contribution in [-0.4, -0.2) is 40.4 Å². The van der Waals surface area contributed by atoms with Crippen LogP contribution in [0.4, 0.5) is 0 Å². The lowest BCUT2D eigenvalue weighted by Crippen LogP contribution is -2.36. The Labute approximate surface area is 164 Å². The molecule has 1 aliphatic carbocycles. The van der Waals surface area contributed by atoms with Crippen LogP contribution in [0.5, 0.6) is 0 Å². The summed E-state index contributed by atoms with van der Waals surface area (Å²) >= 11 is 1.71. The van der Waals surface area contributed by atoms with Gasteiger partial charge in [-0.3, -0.25) is 4.79 Å². The molecule has 2 aromatic rings. The van der Waals surface area contributed by atoms with Crippen LogP contribution in [-0.2, 0) is 25.8 Å². The largest absolute Gasteiger partial charge is 0.333 e. The Morgan fingerprint density at radius 3 is 2.96 bits per heavy atom. The van der Waals surface area contributed by atoms with Crippen molar-refractivity contribution in [3.05, 3.63) is 44.7 Å². The summed E-state index contributed by atoms with van der Waals surface area (Å²) in [7, 11) is 0. The number of piperidine rings is 1. The van der Waals surface area contributed by atoms with Gasteiger partial charge < -0.3 is 10.2 Å². The Bertz CT molecular complexity index is 832. The minimum Gasteiger partial charge on any atom is -0.333 e. The third-order valence-corrected chi connectivity index (χ3v) is 7.33. The summed E-state index contributed by atoms with van der Waals surface area (Å²) in [5.74, 6) is 1.59. The van der Waals surface area contributed by atoms with Crippen molar-refractivity contribution in [1.29, 1.82) is 0 Å². The van der Waals surface area contributed by atoms with Crippen LogP contribution in [0.1, 0.15) is 68.8 Å². The zero-order chi connectivity index (χ0) is 18.2. The quantitative estimate of drug-likeness (QED) is 0.867. The van der Waals surface area contributed by atoms with Crippen molar-refractivity contribution in [3.63, 3.8) is 0 Å². The number of nitrogens with one attached hydrogen (secondary N) is 1. The van der Waals surface area contributed by atoms with Crippen molar-refractivity contribution >= 4 is 17.2 Å². The molecular formula is C21H26N4OS. The monoisotopic (exact) mass is 382 g/mol. The van der Waals surface area contributed by atoms with Crippen molar-refractivity contribution in [2.75, 3.05) is 19.6 Å². The zero-order valence-electron chi connectivity index (χ0n) is 15.7. The molecule has 27 heavy (non-hydrogen) atoms. The Kier molecular flexibility index (Phi) is 4.70. The maximum Gasteiger partial charge on any atom is 0.264 e. The summed E-state index contributed by atoms with van der Waals surface area (Å²) in [5, 5.41) is 3.44. The van der Waals surface area contributed by atoms with Gasteiger partial charge in [-0.15, -0.1) is 11.3 Å². The van der Waals surface area contributed by atoms with E-state index in [4.69, 9.17) is 4.98 Å². The molecule has 1 amide bonds. The van der Waals surface area contributed by atoms with Gasteiger partial charge in [0.05, 0.1) is 10.6 Å². The minimum absolute atomic E-state index is 0.181. The number of carbonyl (C=O) groups is 1. The summed E-state index contributed by atoms with van der Waals surface area (Å²) in [5.41, 5.74) is 3.66. The second-order valence-corrected chi connectivity index (χ2v) is 9.12. The fourth-order valence-corrected chi connectivity index (χ4v) is 5.75. The Morgan fingerprint density at radius 2 is 2.11 bits per heavy atom. The van der Waals surface area contributed by atoms with E-state index in [0.717, 1.165) is 60.9 Å². The normalized spacial score (nSPS) is 22.2. The van der Waals surface area contributed by atoms with Crippen LogP contribution in [0.15, 0.2) is 12.3 Å². The molecular weight excluding hydrogens is 356 g/mol. The van der Waals surface area contributed by atoms with Gasteiger partial charge in [0.1, 0.15) is 5.82 Å². The van der Waals surface area contributed by atoms with Gasteiger partial charge in [0.15, 0.2) is 0 Å². The van der Waals surface area contributed by atoms with Gasteiger partial charge in [-0.1, -0.05) is 0 Å². The fraction of sp³-hybridized carbons (Fsp3) is 0.571. The predicted molar refractivity (Wildman–Crippen MR) is 106 cm³/mol. The molecule has 6 heteroatoms. The average Bonchev–Trinajstić information content (AvgIpc) is 3.17. The maximum atomic E-state index is 13.0. The van der Waals surface area contributed by atoms with Gasteiger partial charge in [-0.05, 0) is 56.7 Å². The van der Waals surface area contributed by atoms with Crippen LogP contribution in [0.2, 0.25) is 0 Å². The summed E-state index contributed by atoms with van der Waals surface area (Å²) in [4.78, 5) is 26.9. The van der Waals surface area contributed by atoms with Gasteiger partial charge in [-0.25, -0.2) is 9.97 Å². The van der Waals surface area contributed by atoms with Crippen LogP contribution in [0.3, 0.4) is 0 Å². The van der Waals surface area contributed by atoms with Gasteiger partial charge in [0.2, 0.25) is 0 Å². The maximum absolute atomic E-state index is 13.0. The molecule has 1 fully saturated rings. The van der Waals surface area contributed by atoms with Crippen molar-refractivity contribution in [2.45, 2.75) is 57.4 Å². The number of aryl methyl sites for hydroxylation is 2. The molecule has 0 spiro atoms. The average molecular weight is 383 g/mol. The highest BCUT2D eigenvalue weighted by Gasteiger charge is 2.27. The Balaban J connectivity index is 1.32. The van der Waals surface area contributed by atoms with Crippen LogP contribution >= 0.6 is 11.3 Å².